The molecule has 0 unspecified atom stereocenters. The summed E-state index contributed by atoms with van der Waals surface area (Å²) in [5.41, 5.74) is 4.71. The Labute approximate surface area is 166 Å². The number of carbonyl (C=O) groups excluding carboxylic acids is 1. The molecule has 0 fully saturated rings. The first-order valence-corrected chi connectivity index (χ1v) is 9.54. The van der Waals surface area contributed by atoms with E-state index in [2.05, 4.69) is 25.7 Å². The van der Waals surface area contributed by atoms with Crippen LogP contribution in [0.5, 0.6) is 0 Å². The van der Waals surface area contributed by atoms with Crippen molar-refractivity contribution in [3.63, 3.8) is 0 Å². The molecule has 7 nitrogen and oxygen atoms in total. The van der Waals surface area contributed by atoms with Gasteiger partial charge in [-0.05, 0) is 11.6 Å². The minimum Gasteiger partial charge on any atom is -0.334 e. The molecule has 0 aliphatic heterocycles. The Balaban J connectivity index is 1.36. The lowest BCUT2D eigenvalue weighted by Crippen LogP contribution is -2.28. The summed E-state index contributed by atoms with van der Waals surface area (Å²) in [5, 5.41) is 12.3. The highest BCUT2D eigenvalue weighted by Gasteiger charge is 2.08. The number of aryl methyl sites for hydroxylation is 1. The zero-order chi connectivity index (χ0) is 19.3. The SMILES string of the molecule is Cn1cc(-c2cncc(CNC(=O)Nc3nc(-c4ccccc4)cs3)c2)cn1. The van der Waals surface area contributed by atoms with Crippen molar-refractivity contribution in [1.29, 1.82) is 0 Å². The average Bonchev–Trinajstić information content (AvgIpc) is 3.36. The molecular weight excluding hydrogens is 372 g/mol. The van der Waals surface area contributed by atoms with E-state index in [4.69, 9.17) is 0 Å². The molecule has 28 heavy (non-hydrogen) atoms. The van der Waals surface area contributed by atoms with E-state index >= 15 is 0 Å². The minimum absolute atomic E-state index is 0.305. The van der Waals surface area contributed by atoms with Crippen molar-refractivity contribution in [2.24, 2.45) is 7.05 Å². The molecule has 1 aromatic carbocycles. The van der Waals surface area contributed by atoms with Crippen molar-refractivity contribution in [2.75, 3.05) is 5.32 Å². The molecule has 0 aliphatic carbocycles. The van der Waals surface area contributed by atoms with Crippen LogP contribution in [-0.2, 0) is 13.6 Å². The van der Waals surface area contributed by atoms with Crippen LogP contribution in [0.15, 0.2) is 66.6 Å². The summed E-state index contributed by atoms with van der Waals surface area (Å²) < 4.78 is 1.74. The van der Waals surface area contributed by atoms with Crippen molar-refractivity contribution in [3.05, 3.63) is 72.1 Å². The number of amides is 2. The maximum absolute atomic E-state index is 12.2. The first kappa shape index (κ1) is 17.9. The highest BCUT2D eigenvalue weighted by molar-refractivity contribution is 7.14. The normalized spacial score (nSPS) is 10.6. The van der Waals surface area contributed by atoms with Crippen LogP contribution < -0.4 is 10.6 Å². The molecule has 4 rings (SSSR count). The molecule has 0 aliphatic rings. The summed E-state index contributed by atoms with van der Waals surface area (Å²) in [6.45, 7) is 0.365. The Morgan fingerprint density at radius 2 is 1.96 bits per heavy atom. The number of aromatic nitrogens is 4. The lowest BCUT2D eigenvalue weighted by molar-refractivity contribution is 0.251. The Morgan fingerprint density at radius 1 is 1.11 bits per heavy atom. The van der Waals surface area contributed by atoms with Gasteiger partial charge in [-0.25, -0.2) is 9.78 Å². The first-order chi connectivity index (χ1) is 13.7. The molecule has 4 aromatic rings. The zero-order valence-corrected chi connectivity index (χ0v) is 16.0. The summed E-state index contributed by atoms with van der Waals surface area (Å²) in [6, 6.07) is 11.5. The van der Waals surface area contributed by atoms with Crippen molar-refractivity contribution < 1.29 is 4.79 Å². The summed E-state index contributed by atoms with van der Waals surface area (Å²) >= 11 is 1.39. The van der Waals surface area contributed by atoms with Gasteiger partial charge >= 0.3 is 6.03 Å². The van der Waals surface area contributed by atoms with Crippen LogP contribution in [0.1, 0.15) is 5.56 Å². The monoisotopic (exact) mass is 390 g/mol. The van der Waals surface area contributed by atoms with Gasteiger partial charge in [-0.2, -0.15) is 5.10 Å². The second kappa shape index (κ2) is 8.01. The number of urea groups is 1. The van der Waals surface area contributed by atoms with Crippen LogP contribution in [-0.4, -0.2) is 25.8 Å². The molecule has 140 valence electrons. The van der Waals surface area contributed by atoms with Gasteiger partial charge in [-0.3, -0.25) is 15.0 Å². The fraction of sp³-hybridized carbons (Fsp3) is 0.100. The molecular formula is C20H18N6OS. The number of hydrogen-bond donors (Lipinski definition) is 2. The highest BCUT2D eigenvalue weighted by Crippen LogP contribution is 2.24. The molecule has 3 aromatic heterocycles. The van der Waals surface area contributed by atoms with Crippen molar-refractivity contribution >= 4 is 22.5 Å². The second-order valence-electron chi connectivity index (χ2n) is 6.20. The van der Waals surface area contributed by atoms with Gasteiger partial charge in [0, 0.05) is 54.3 Å². The van der Waals surface area contributed by atoms with Crippen LogP contribution in [0.2, 0.25) is 0 Å². The van der Waals surface area contributed by atoms with E-state index in [0.29, 0.717) is 11.7 Å². The van der Waals surface area contributed by atoms with Gasteiger partial charge in [-0.15, -0.1) is 11.3 Å². The third-order valence-electron chi connectivity index (χ3n) is 4.08. The molecule has 3 heterocycles. The fourth-order valence-electron chi connectivity index (χ4n) is 2.71. The second-order valence-corrected chi connectivity index (χ2v) is 7.05. The summed E-state index contributed by atoms with van der Waals surface area (Å²) in [7, 11) is 1.87. The predicted molar refractivity (Wildman–Crippen MR) is 110 cm³/mol. The molecule has 2 amide bonds. The van der Waals surface area contributed by atoms with E-state index in [9.17, 15) is 4.79 Å². The highest BCUT2D eigenvalue weighted by atomic mass is 32.1. The Hall–Kier alpha value is -3.52. The van der Waals surface area contributed by atoms with E-state index < -0.39 is 0 Å². The van der Waals surface area contributed by atoms with E-state index in [-0.39, 0.29) is 6.03 Å². The average molecular weight is 390 g/mol. The van der Waals surface area contributed by atoms with Crippen LogP contribution >= 0.6 is 11.3 Å². The van der Waals surface area contributed by atoms with Gasteiger partial charge < -0.3 is 5.32 Å². The van der Waals surface area contributed by atoms with Crippen LogP contribution in [0.4, 0.5) is 9.93 Å². The Morgan fingerprint density at radius 3 is 2.75 bits per heavy atom. The number of benzene rings is 1. The molecule has 0 atom stereocenters. The Kier molecular flexibility index (Phi) is 5.11. The third-order valence-corrected chi connectivity index (χ3v) is 4.84. The summed E-state index contributed by atoms with van der Waals surface area (Å²) in [4.78, 5) is 20.9. The van der Waals surface area contributed by atoms with Crippen LogP contribution in [0, 0.1) is 0 Å². The third kappa shape index (κ3) is 4.24. The largest absolute Gasteiger partial charge is 0.334 e. The van der Waals surface area contributed by atoms with Crippen LogP contribution in [0.25, 0.3) is 22.4 Å². The number of rotatable bonds is 5. The maximum Gasteiger partial charge on any atom is 0.321 e. The van der Waals surface area contributed by atoms with Gasteiger partial charge in [0.1, 0.15) is 0 Å². The Bertz CT molecular complexity index is 1090. The first-order valence-electron chi connectivity index (χ1n) is 8.66. The van der Waals surface area contributed by atoms with E-state index in [0.717, 1.165) is 27.9 Å². The molecule has 2 N–H and O–H groups in total. The zero-order valence-electron chi connectivity index (χ0n) is 15.2. The van der Waals surface area contributed by atoms with Gasteiger partial charge in [0.15, 0.2) is 5.13 Å². The standard InChI is InChI=1S/C20H18N6OS/c1-26-12-17(11-23-26)16-7-14(8-21-10-16)9-22-19(27)25-20-24-18(13-28-20)15-5-3-2-4-6-15/h2-8,10-13H,9H2,1H3,(H2,22,24,25,27). The predicted octanol–water partition coefficient (Wildman–Crippen LogP) is 3.93. The maximum atomic E-state index is 12.2. The lowest BCUT2D eigenvalue weighted by atomic mass is 10.1. The van der Waals surface area contributed by atoms with Gasteiger partial charge in [0.05, 0.1) is 11.9 Å². The van der Waals surface area contributed by atoms with E-state index in [1.807, 2.05) is 55.0 Å². The number of anilines is 1. The number of nitrogens with one attached hydrogen (secondary N) is 2. The van der Waals surface area contributed by atoms with Gasteiger partial charge in [0.25, 0.3) is 0 Å². The van der Waals surface area contributed by atoms with Gasteiger partial charge in [0.2, 0.25) is 0 Å². The van der Waals surface area contributed by atoms with Crippen molar-refractivity contribution in [3.8, 4) is 22.4 Å². The van der Waals surface area contributed by atoms with Crippen molar-refractivity contribution in [2.45, 2.75) is 6.54 Å². The topological polar surface area (TPSA) is 84.7 Å². The number of thiazole rings is 1. The summed E-state index contributed by atoms with van der Waals surface area (Å²) in [5.74, 6) is 0. The fourth-order valence-corrected chi connectivity index (χ4v) is 3.42. The molecule has 0 spiro atoms. The number of carbonyl (C=O) groups is 1. The van der Waals surface area contributed by atoms with E-state index in [1.54, 1.807) is 23.3 Å². The quantitative estimate of drug-likeness (QED) is 0.541. The molecule has 0 bridgehead atoms. The van der Waals surface area contributed by atoms with Crippen LogP contribution in [0.3, 0.4) is 0 Å². The smallest absolute Gasteiger partial charge is 0.321 e. The molecule has 0 saturated carbocycles. The minimum atomic E-state index is -0.305. The molecule has 8 heteroatoms. The van der Waals surface area contributed by atoms with E-state index in [1.165, 1.54) is 11.3 Å². The summed E-state index contributed by atoms with van der Waals surface area (Å²) in [6.07, 6.45) is 7.22. The van der Waals surface area contributed by atoms with Crippen molar-refractivity contribution in [1.82, 2.24) is 25.1 Å². The molecule has 0 radical (unpaired) electrons. The van der Waals surface area contributed by atoms with Gasteiger partial charge in [-0.1, -0.05) is 30.3 Å². The number of pyridine rings is 1. The number of nitrogens with zero attached hydrogens (tertiary/aromatic N) is 4. The number of hydrogen-bond acceptors (Lipinski definition) is 5. The lowest BCUT2D eigenvalue weighted by Gasteiger charge is -2.06. The molecule has 0 saturated heterocycles.